The number of hydrogen-bond donors (Lipinski definition) is 1. The van der Waals surface area contributed by atoms with Crippen LogP contribution in [-0.2, 0) is 9.53 Å². The molecule has 2 saturated heterocycles. The first kappa shape index (κ1) is 20.8. The molecule has 0 aromatic heterocycles. The van der Waals surface area contributed by atoms with Gasteiger partial charge in [0.05, 0.1) is 19.6 Å². The van der Waals surface area contributed by atoms with E-state index in [1.807, 2.05) is 11.8 Å². The van der Waals surface area contributed by atoms with Crippen LogP contribution in [0.5, 0.6) is 0 Å². The number of aliphatic hydroxyl groups is 1. The number of rotatable bonds is 4. The van der Waals surface area contributed by atoms with Gasteiger partial charge in [0.2, 0.25) is 0 Å². The number of carbonyl (C=O) groups is 1. The van der Waals surface area contributed by atoms with E-state index in [9.17, 15) is 9.90 Å². The Morgan fingerprint density at radius 3 is 2.00 bits per heavy atom. The fourth-order valence-corrected chi connectivity index (χ4v) is 7.15. The van der Waals surface area contributed by atoms with Gasteiger partial charge in [-0.3, -0.25) is 0 Å². The smallest absolute Gasteiger partial charge is 0.339 e. The molecule has 0 amide bonds. The zero-order valence-electron chi connectivity index (χ0n) is 15.8. The van der Waals surface area contributed by atoms with Gasteiger partial charge in [-0.15, -0.1) is 0 Å². The zero-order chi connectivity index (χ0) is 17.3. The number of carbonyl (C=O) groups excluding carboxylic acids is 1. The summed E-state index contributed by atoms with van der Waals surface area (Å²) >= 11 is 2.05. The lowest BCUT2D eigenvalue weighted by Gasteiger charge is -2.39. The Morgan fingerprint density at radius 1 is 0.923 bits per heavy atom. The van der Waals surface area contributed by atoms with E-state index in [0.717, 1.165) is 75.4 Å². The molecule has 26 heavy (non-hydrogen) atoms. The third kappa shape index (κ3) is 3.92. The highest BCUT2D eigenvalue weighted by molar-refractivity contribution is 7.99. The standard InChI is InChI=1S/C20H34NO3S.ClH/c22-19(24-18-9-10-21(15-18)11-13-25-14-12-21)20(23,16-5-1-2-6-16)17-7-3-4-8-17;/h16-18,23H,1-15H2;1H/q+1;/p-1. The highest BCUT2D eigenvalue weighted by Crippen LogP contribution is 2.45. The molecule has 1 spiro atoms. The van der Waals surface area contributed by atoms with Gasteiger partial charge in [-0.05, 0) is 37.5 Å². The molecule has 0 aromatic carbocycles. The summed E-state index contributed by atoms with van der Waals surface area (Å²) in [6.07, 6.45) is 9.54. The van der Waals surface area contributed by atoms with Crippen LogP contribution in [0.1, 0.15) is 57.8 Å². The largest absolute Gasteiger partial charge is 1.00 e. The molecule has 2 aliphatic carbocycles. The predicted octanol–water partition coefficient (Wildman–Crippen LogP) is -0.0190. The average Bonchev–Trinajstić information content (AvgIpc) is 3.38. The van der Waals surface area contributed by atoms with E-state index in [-0.39, 0.29) is 36.3 Å². The second kappa shape index (κ2) is 8.59. The molecule has 0 radical (unpaired) electrons. The zero-order valence-corrected chi connectivity index (χ0v) is 17.4. The molecule has 4 fully saturated rings. The van der Waals surface area contributed by atoms with Crippen molar-refractivity contribution in [1.29, 1.82) is 0 Å². The van der Waals surface area contributed by atoms with Crippen molar-refractivity contribution < 1.29 is 31.5 Å². The van der Waals surface area contributed by atoms with Crippen LogP contribution < -0.4 is 12.4 Å². The quantitative estimate of drug-likeness (QED) is 0.529. The second-order valence-electron chi connectivity index (χ2n) is 8.91. The number of halogens is 1. The SMILES string of the molecule is O=C(OC1CC[N+]2(CCSCC2)C1)C(O)(C1CCCC1)C1CCCC1.[Cl-]. The van der Waals surface area contributed by atoms with Crippen LogP contribution in [0, 0.1) is 11.8 Å². The van der Waals surface area contributed by atoms with Crippen LogP contribution in [0.2, 0.25) is 0 Å². The minimum Gasteiger partial charge on any atom is -1.00 e. The molecule has 4 rings (SSSR count). The van der Waals surface area contributed by atoms with E-state index >= 15 is 0 Å². The van der Waals surface area contributed by atoms with E-state index in [4.69, 9.17) is 4.74 Å². The molecule has 2 aliphatic heterocycles. The van der Waals surface area contributed by atoms with E-state index < -0.39 is 5.60 Å². The Labute approximate surface area is 168 Å². The summed E-state index contributed by atoms with van der Waals surface area (Å²) in [5, 5.41) is 11.6. The molecule has 4 nitrogen and oxygen atoms in total. The molecule has 0 aromatic rings. The molecular weight excluding hydrogens is 370 g/mol. The van der Waals surface area contributed by atoms with Crippen molar-refractivity contribution in [2.45, 2.75) is 69.5 Å². The van der Waals surface area contributed by atoms with E-state index in [2.05, 4.69) is 0 Å². The summed E-state index contributed by atoms with van der Waals surface area (Å²) in [6.45, 7) is 4.55. The van der Waals surface area contributed by atoms with Gasteiger partial charge in [-0.25, -0.2) is 4.79 Å². The molecular formula is C20H34ClNO3S. The topological polar surface area (TPSA) is 46.5 Å². The van der Waals surface area contributed by atoms with Crippen LogP contribution in [0.25, 0.3) is 0 Å². The van der Waals surface area contributed by atoms with Gasteiger partial charge < -0.3 is 26.7 Å². The number of quaternary nitrogens is 1. The molecule has 2 saturated carbocycles. The average molecular weight is 404 g/mol. The molecule has 1 unspecified atom stereocenters. The van der Waals surface area contributed by atoms with Gasteiger partial charge in [0, 0.05) is 17.9 Å². The highest BCUT2D eigenvalue weighted by Gasteiger charge is 2.53. The minimum absolute atomic E-state index is 0. The van der Waals surface area contributed by atoms with Crippen LogP contribution in [-0.4, -0.2) is 64.9 Å². The van der Waals surface area contributed by atoms with Gasteiger partial charge in [-0.2, -0.15) is 11.8 Å². The maximum absolute atomic E-state index is 13.2. The summed E-state index contributed by atoms with van der Waals surface area (Å²) in [5.41, 5.74) is -1.21. The summed E-state index contributed by atoms with van der Waals surface area (Å²) in [6, 6.07) is 0. The lowest BCUT2D eigenvalue weighted by atomic mass is 9.75. The van der Waals surface area contributed by atoms with Gasteiger partial charge in [0.25, 0.3) is 0 Å². The Bertz CT molecular complexity index is 469. The molecule has 0 bridgehead atoms. The maximum atomic E-state index is 13.2. The molecule has 1 N–H and O–H groups in total. The highest BCUT2D eigenvalue weighted by atomic mass is 35.5. The Hall–Kier alpha value is 0.0300. The summed E-state index contributed by atoms with van der Waals surface area (Å²) in [5.74, 6) is 2.43. The third-order valence-corrected chi connectivity index (χ3v) is 8.43. The first-order valence-electron chi connectivity index (χ1n) is 10.5. The molecule has 1 atom stereocenters. The fourth-order valence-electron chi connectivity index (χ4n) is 5.91. The molecule has 4 aliphatic rings. The van der Waals surface area contributed by atoms with Crippen molar-refractivity contribution in [2.75, 3.05) is 37.7 Å². The van der Waals surface area contributed by atoms with Gasteiger partial charge in [-0.1, -0.05) is 25.7 Å². The summed E-state index contributed by atoms with van der Waals surface area (Å²) in [7, 11) is 0. The lowest BCUT2D eigenvalue weighted by molar-refractivity contribution is -0.914. The minimum atomic E-state index is -1.21. The Balaban J connectivity index is 0.00000196. The Morgan fingerprint density at radius 2 is 1.46 bits per heavy atom. The second-order valence-corrected chi connectivity index (χ2v) is 10.1. The number of hydrogen-bond acceptors (Lipinski definition) is 4. The van der Waals surface area contributed by atoms with E-state index in [1.54, 1.807) is 0 Å². The van der Waals surface area contributed by atoms with Crippen molar-refractivity contribution in [3.05, 3.63) is 0 Å². The van der Waals surface area contributed by atoms with Crippen molar-refractivity contribution in [3.8, 4) is 0 Å². The lowest BCUT2D eigenvalue weighted by Crippen LogP contribution is -3.00. The van der Waals surface area contributed by atoms with Gasteiger partial charge >= 0.3 is 5.97 Å². The Kier molecular flexibility index (Phi) is 6.85. The van der Waals surface area contributed by atoms with Crippen molar-refractivity contribution in [2.24, 2.45) is 11.8 Å². The first-order valence-corrected chi connectivity index (χ1v) is 11.6. The van der Waals surface area contributed by atoms with Gasteiger partial charge in [0.15, 0.2) is 11.7 Å². The van der Waals surface area contributed by atoms with Gasteiger partial charge in [0.1, 0.15) is 6.54 Å². The van der Waals surface area contributed by atoms with E-state index in [0.29, 0.717) is 0 Å². The van der Waals surface area contributed by atoms with Crippen LogP contribution in [0.3, 0.4) is 0 Å². The number of esters is 1. The van der Waals surface area contributed by atoms with Crippen LogP contribution in [0.15, 0.2) is 0 Å². The summed E-state index contributed by atoms with van der Waals surface area (Å²) in [4.78, 5) is 13.2. The molecule has 6 heteroatoms. The summed E-state index contributed by atoms with van der Waals surface area (Å²) < 4.78 is 7.15. The number of thioether (sulfide) groups is 1. The fraction of sp³-hybridized carbons (Fsp3) is 0.950. The van der Waals surface area contributed by atoms with Crippen molar-refractivity contribution >= 4 is 17.7 Å². The monoisotopic (exact) mass is 403 g/mol. The normalized spacial score (nSPS) is 29.8. The van der Waals surface area contributed by atoms with Crippen molar-refractivity contribution in [3.63, 3.8) is 0 Å². The van der Waals surface area contributed by atoms with E-state index in [1.165, 1.54) is 24.6 Å². The third-order valence-electron chi connectivity index (χ3n) is 7.49. The van der Waals surface area contributed by atoms with Crippen molar-refractivity contribution in [1.82, 2.24) is 0 Å². The molecule has 150 valence electrons. The maximum Gasteiger partial charge on any atom is 0.339 e. The van der Waals surface area contributed by atoms with Crippen LogP contribution in [0.4, 0.5) is 0 Å². The van der Waals surface area contributed by atoms with Crippen LogP contribution >= 0.6 is 11.8 Å². The number of nitrogens with zero attached hydrogens (tertiary/aromatic N) is 1. The molecule has 2 heterocycles. The number of ether oxygens (including phenoxy) is 1. The predicted molar refractivity (Wildman–Crippen MR) is 100 cm³/mol. The first-order chi connectivity index (χ1) is 12.1.